The third kappa shape index (κ3) is 6.63. The van der Waals surface area contributed by atoms with Crippen LogP contribution in [0.4, 0.5) is 0 Å². The first-order chi connectivity index (χ1) is 26.8. The van der Waals surface area contributed by atoms with Crippen LogP contribution < -0.4 is 9.47 Å². The van der Waals surface area contributed by atoms with Crippen molar-refractivity contribution in [3.63, 3.8) is 0 Å². The van der Waals surface area contributed by atoms with Crippen molar-refractivity contribution in [3.05, 3.63) is 132 Å². The highest BCUT2D eigenvalue weighted by Crippen LogP contribution is 2.71. The van der Waals surface area contributed by atoms with Crippen LogP contribution in [-0.4, -0.2) is 59.4 Å². The van der Waals surface area contributed by atoms with Crippen molar-refractivity contribution < 1.29 is 52.4 Å². The third-order valence-electron chi connectivity index (χ3n) is 11.7. The zero-order valence-corrected chi connectivity index (χ0v) is 31.8. The van der Waals surface area contributed by atoms with Crippen molar-refractivity contribution in [1.82, 2.24) is 0 Å². The van der Waals surface area contributed by atoms with Gasteiger partial charge in [-0.1, -0.05) is 86.6 Å². The van der Waals surface area contributed by atoms with E-state index in [1.165, 1.54) is 6.92 Å². The molecule has 2 bridgehead atoms. The van der Waals surface area contributed by atoms with Gasteiger partial charge in [0.25, 0.3) is 0 Å². The van der Waals surface area contributed by atoms with E-state index in [4.69, 9.17) is 28.4 Å². The number of para-hydroxylation sites is 2. The summed E-state index contributed by atoms with van der Waals surface area (Å²) in [4.78, 5) is 71.3. The van der Waals surface area contributed by atoms with E-state index in [1.54, 1.807) is 142 Å². The van der Waals surface area contributed by atoms with E-state index in [1.807, 2.05) is 6.92 Å². The topological polar surface area (TPSA) is 141 Å². The van der Waals surface area contributed by atoms with Gasteiger partial charge in [0.1, 0.15) is 35.4 Å². The third-order valence-corrected chi connectivity index (χ3v) is 11.7. The number of hydrogen-bond acceptors (Lipinski definition) is 11. The first kappa shape index (κ1) is 38.5. The Kier molecular flexibility index (Phi) is 10.3. The molecule has 4 aromatic rings. The summed E-state index contributed by atoms with van der Waals surface area (Å²) in [6.45, 7) is 8.33. The Labute approximate surface area is 325 Å². The molecule has 1 heterocycles. The molecule has 56 heavy (non-hydrogen) atoms. The second-order valence-electron chi connectivity index (χ2n) is 15.4. The normalized spacial score (nSPS) is 29.8. The highest BCUT2D eigenvalue weighted by atomic mass is 16.6. The van der Waals surface area contributed by atoms with Gasteiger partial charge in [-0.15, -0.1) is 0 Å². The molecule has 0 aromatic heterocycles. The van der Waals surface area contributed by atoms with Gasteiger partial charge in [-0.3, -0.25) is 14.4 Å². The Balaban J connectivity index is 1.47. The lowest BCUT2D eigenvalue weighted by Gasteiger charge is -2.63. The number of hydrogen-bond donors (Lipinski definition) is 0. The molecule has 1 aliphatic heterocycles. The average Bonchev–Trinajstić information content (AvgIpc) is 3.37. The molecule has 3 aliphatic rings. The summed E-state index contributed by atoms with van der Waals surface area (Å²) in [5.41, 5.74) is -4.19. The summed E-state index contributed by atoms with van der Waals surface area (Å²) in [5.74, 6) is -7.81. The molecule has 9 atom stereocenters. The van der Waals surface area contributed by atoms with Crippen LogP contribution in [0.25, 0.3) is 0 Å². The summed E-state index contributed by atoms with van der Waals surface area (Å²) in [5, 5.41) is 0. The molecular weight excluding hydrogens is 716 g/mol. The standard InChI is InChI=1S/C45H44O11/c1-27-26-33(54-39(47)29-18-10-6-11-19-29)37(55-40(48)30-20-12-7-13-21-30)44(5)36(42(50)53-32-24-16-9-17-25-32)34(41(49)52-31-22-14-8-15-23-31)35-38(51-28(2)46)45(27,44)56-43(35,3)4/h6-25,27,33-38H,26H2,1-5H3/t27-,33+,34-,35-,36+,37+,38-,44-,45-/m1/s1. The lowest BCUT2D eigenvalue weighted by molar-refractivity contribution is -0.294. The number of ether oxygens (including phenoxy) is 6. The van der Waals surface area contributed by atoms with E-state index in [9.17, 15) is 19.2 Å². The minimum Gasteiger partial charge on any atom is -0.459 e. The monoisotopic (exact) mass is 760 g/mol. The molecule has 7 rings (SSSR count). The van der Waals surface area contributed by atoms with Gasteiger partial charge >= 0.3 is 29.8 Å². The van der Waals surface area contributed by atoms with Gasteiger partial charge in [-0.2, -0.15) is 0 Å². The maximum Gasteiger partial charge on any atom is 0.338 e. The Bertz CT molecular complexity index is 2090. The van der Waals surface area contributed by atoms with Crippen molar-refractivity contribution in [3.8, 4) is 11.5 Å². The van der Waals surface area contributed by atoms with Crippen molar-refractivity contribution in [2.75, 3.05) is 0 Å². The SMILES string of the molecule is CC(=O)O[C@@H]1[C@H]2[C@@H](C(=O)Oc3ccccc3)[C@@H](C(=O)Oc3ccccc3)[C@]3(C)[C@@H](OC(=O)c4ccccc4)[C@@H](OC(=O)c4ccccc4)C[C@@H](C)[C@@]13OC2(C)C. The van der Waals surface area contributed by atoms with Crippen LogP contribution >= 0.6 is 0 Å². The molecule has 1 saturated heterocycles. The average molecular weight is 761 g/mol. The van der Waals surface area contributed by atoms with Crippen LogP contribution in [-0.2, 0) is 33.3 Å². The summed E-state index contributed by atoms with van der Waals surface area (Å²) >= 11 is 0. The first-order valence-corrected chi connectivity index (χ1v) is 18.7. The largest absolute Gasteiger partial charge is 0.459 e. The van der Waals surface area contributed by atoms with Gasteiger partial charge in [0, 0.05) is 12.8 Å². The summed E-state index contributed by atoms with van der Waals surface area (Å²) in [6.07, 6.45) is -3.73. The van der Waals surface area contributed by atoms with E-state index in [0.29, 0.717) is 0 Å². The molecule has 1 spiro atoms. The molecule has 290 valence electrons. The second kappa shape index (κ2) is 15.0. The van der Waals surface area contributed by atoms with Gasteiger partial charge in [0.2, 0.25) is 0 Å². The van der Waals surface area contributed by atoms with Gasteiger partial charge < -0.3 is 28.4 Å². The quantitative estimate of drug-likeness (QED) is 0.0986. The molecule has 0 radical (unpaired) electrons. The lowest BCUT2D eigenvalue weighted by Crippen LogP contribution is -2.77. The van der Waals surface area contributed by atoms with Crippen molar-refractivity contribution >= 4 is 29.8 Å². The first-order valence-electron chi connectivity index (χ1n) is 18.7. The van der Waals surface area contributed by atoms with Crippen LogP contribution in [0.5, 0.6) is 11.5 Å². The molecule has 2 aliphatic carbocycles. The van der Waals surface area contributed by atoms with Crippen molar-refractivity contribution in [2.24, 2.45) is 29.1 Å². The fourth-order valence-electron chi connectivity index (χ4n) is 9.60. The van der Waals surface area contributed by atoms with E-state index < -0.39 is 88.4 Å². The van der Waals surface area contributed by atoms with Gasteiger partial charge in [0.05, 0.1) is 34.0 Å². The zero-order chi connectivity index (χ0) is 39.8. The van der Waals surface area contributed by atoms with Crippen LogP contribution in [0.2, 0.25) is 0 Å². The number of esters is 5. The number of rotatable bonds is 9. The number of benzene rings is 4. The fourth-order valence-corrected chi connectivity index (χ4v) is 9.60. The van der Waals surface area contributed by atoms with Crippen LogP contribution in [0, 0.1) is 29.1 Å². The Morgan fingerprint density at radius 2 is 1.07 bits per heavy atom. The molecule has 0 amide bonds. The number of fused-ring (bicyclic) bond motifs is 1. The molecule has 0 unspecified atom stereocenters. The highest BCUT2D eigenvalue weighted by Gasteiger charge is 2.84. The predicted octanol–water partition coefficient (Wildman–Crippen LogP) is 7.04. The van der Waals surface area contributed by atoms with Crippen LogP contribution in [0.1, 0.15) is 61.8 Å². The maximum atomic E-state index is 15.2. The fraction of sp³-hybridized carbons (Fsp3) is 0.356. The Morgan fingerprint density at radius 3 is 1.57 bits per heavy atom. The van der Waals surface area contributed by atoms with E-state index >= 15 is 4.79 Å². The maximum absolute atomic E-state index is 15.2. The van der Waals surface area contributed by atoms with Gasteiger partial charge in [-0.05, 0) is 74.7 Å². The second-order valence-corrected chi connectivity index (χ2v) is 15.4. The molecular formula is C45H44O11. The van der Waals surface area contributed by atoms with Crippen LogP contribution in [0.3, 0.4) is 0 Å². The highest BCUT2D eigenvalue weighted by molar-refractivity contribution is 5.91. The molecule has 0 N–H and O–H groups in total. The van der Waals surface area contributed by atoms with E-state index in [2.05, 4.69) is 0 Å². The van der Waals surface area contributed by atoms with Gasteiger partial charge in [-0.25, -0.2) is 9.59 Å². The molecule has 3 fully saturated rings. The molecule has 4 aromatic carbocycles. The zero-order valence-electron chi connectivity index (χ0n) is 31.8. The molecule has 11 heteroatoms. The summed E-state index contributed by atoms with van der Waals surface area (Å²) in [7, 11) is 0. The number of carbonyl (C=O) groups excluding carboxylic acids is 5. The summed E-state index contributed by atoms with van der Waals surface area (Å²) < 4.78 is 38.3. The van der Waals surface area contributed by atoms with Crippen molar-refractivity contribution in [2.45, 2.75) is 70.6 Å². The predicted molar refractivity (Wildman–Crippen MR) is 201 cm³/mol. The minimum atomic E-state index is -1.80. The molecule has 2 saturated carbocycles. The van der Waals surface area contributed by atoms with Gasteiger partial charge in [0.15, 0.2) is 0 Å². The molecule has 11 nitrogen and oxygen atoms in total. The summed E-state index contributed by atoms with van der Waals surface area (Å²) in [6, 6.07) is 33.4. The number of carbonyl (C=O) groups is 5. The minimum absolute atomic E-state index is 0.0705. The Hall–Kier alpha value is -5.81. The lowest BCUT2D eigenvalue weighted by atomic mass is 9.43. The smallest absolute Gasteiger partial charge is 0.338 e. The van der Waals surface area contributed by atoms with Crippen molar-refractivity contribution in [1.29, 1.82) is 0 Å². The Morgan fingerprint density at radius 1 is 0.607 bits per heavy atom. The van der Waals surface area contributed by atoms with Crippen LogP contribution in [0.15, 0.2) is 121 Å². The van der Waals surface area contributed by atoms with E-state index in [0.717, 1.165) is 0 Å². The van der Waals surface area contributed by atoms with E-state index in [-0.39, 0.29) is 29.0 Å².